The number of esters is 1. The second-order valence-corrected chi connectivity index (χ2v) is 4.51. The van der Waals surface area contributed by atoms with E-state index in [1.807, 2.05) is 0 Å². The van der Waals surface area contributed by atoms with Gasteiger partial charge in [0.25, 0.3) is 0 Å². The minimum atomic E-state index is -0.00254. The van der Waals surface area contributed by atoms with Crippen LogP contribution >= 0.6 is 0 Å². The molecule has 3 nitrogen and oxygen atoms in total. The van der Waals surface area contributed by atoms with E-state index in [2.05, 4.69) is 25.8 Å². The van der Waals surface area contributed by atoms with E-state index >= 15 is 0 Å². The molecule has 0 aromatic rings. The van der Waals surface area contributed by atoms with Gasteiger partial charge in [-0.15, -0.1) is 0 Å². The monoisotopic (exact) mass is 213 g/mol. The summed E-state index contributed by atoms with van der Waals surface area (Å²) in [5, 5.41) is 0. The Balaban J connectivity index is 2.31. The lowest BCUT2D eigenvalue weighted by molar-refractivity contribution is -0.157. The summed E-state index contributed by atoms with van der Waals surface area (Å²) in [7, 11) is 2.12. The van der Waals surface area contributed by atoms with Crippen LogP contribution in [0.2, 0.25) is 0 Å². The van der Waals surface area contributed by atoms with Gasteiger partial charge in [0.1, 0.15) is 6.10 Å². The van der Waals surface area contributed by atoms with Crippen LogP contribution in [0.3, 0.4) is 0 Å². The van der Waals surface area contributed by atoms with Crippen LogP contribution in [-0.2, 0) is 9.53 Å². The van der Waals surface area contributed by atoms with Gasteiger partial charge in [-0.25, -0.2) is 0 Å². The zero-order chi connectivity index (χ0) is 11.3. The topological polar surface area (TPSA) is 29.5 Å². The molecule has 0 aromatic carbocycles. The maximum absolute atomic E-state index is 11.3. The quantitative estimate of drug-likeness (QED) is 0.655. The van der Waals surface area contributed by atoms with Gasteiger partial charge in [-0.1, -0.05) is 13.8 Å². The van der Waals surface area contributed by atoms with Crippen molar-refractivity contribution in [3.63, 3.8) is 0 Å². The van der Waals surface area contributed by atoms with Crippen LogP contribution in [0.5, 0.6) is 0 Å². The van der Waals surface area contributed by atoms with Crippen molar-refractivity contribution < 1.29 is 9.53 Å². The zero-order valence-corrected chi connectivity index (χ0v) is 10.2. The van der Waals surface area contributed by atoms with E-state index in [0.29, 0.717) is 12.3 Å². The first-order valence-corrected chi connectivity index (χ1v) is 6.03. The molecule has 1 fully saturated rings. The molecular weight excluding hydrogens is 190 g/mol. The summed E-state index contributed by atoms with van der Waals surface area (Å²) in [5.74, 6) is 0.530. The first kappa shape index (κ1) is 12.5. The molecule has 0 aromatic heterocycles. The molecule has 15 heavy (non-hydrogen) atoms. The standard InChI is InChI=1S/C12H23NO2/c1-4-11-8-10(9-12(14)15-11)6-7-13(3)5-2/h10-11H,4-9H2,1-3H3. The number of hydrogen-bond donors (Lipinski definition) is 0. The molecular formula is C12H23NO2. The number of ether oxygens (including phenoxy) is 1. The van der Waals surface area contributed by atoms with Crippen LogP contribution in [0.15, 0.2) is 0 Å². The van der Waals surface area contributed by atoms with Crippen LogP contribution < -0.4 is 0 Å². The van der Waals surface area contributed by atoms with Crippen LogP contribution in [0, 0.1) is 5.92 Å². The van der Waals surface area contributed by atoms with Gasteiger partial charge in [0.15, 0.2) is 0 Å². The summed E-state index contributed by atoms with van der Waals surface area (Å²) in [6.07, 6.45) is 3.92. The minimum absolute atomic E-state index is 0.00254. The number of nitrogens with zero attached hydrogens (tertiary/aromatic N) is 1. The summed E-state index contributed by atoms with van der Waals surface area (Å²) in [6.45, 7) is 6.40. The highest BCUT2D eigenvalue weighted by Crippen LogP contribution is 2.25. The molecule has 3 heteroatoms. The Morgan fingerprint density at radius 1 is 1.47 bits per heavy atom. The van der Waals surface area contributed by atoms with Crippen molar-refractivity contribution in [3.8, 4) is 0 Å². The molecule has 0 radical (unpaired) electrons. The fraction of sp³-hybridized carbons (Fsp3) is 0.917. The third-order valence-corrected chi connectivity index (χ3v) is 3.26. The van der Waals surface area contributed by atoms with Gasteiger partial charge in [0.2, 0.25) is 0 Å². The number of carbonyl (C=O) groups excluding carboxylic acids is 1. The van der Waals surface area contributed by atoms with Crippen molar-refractivity contribution in [2.24, 2.45) is 5.92 Å². The maximum Gasteiger partial charge on any atom is 0.306 e. The molecule has 1 aliphatic rings. The summed E-state index contributed by atoms with van der Waals surface area (Å²) in [4.78, 5) is 13.6. The second-order valence-electron chi connectivity index (χ2n) is 4.51. The smallest absolute Gasteiger partial charge is 0.306 e. The van der Waals surface area contributed by atoms with Crippen molar-refractivity contribution in [1.29, 1.82) is 0 Å². The molecule has 1 aliphatic heterocycles. The SMILES string of the molecule is CCC1CC(CCN(C)CC)CC(=O)O1. The molecule has 1 heterocycles. The van der Waals surface area contributed by atoms with E-state index in [4.69, 9.17) is 4.74 Å². The molecule has 88 valence electrons. The summed E-state index contributed by atoms with van der Waals surface area (Å²) >= 11 is 0. The summed E-state index contributed by atoms with van der Waals surface area (Å²) < 4.78 is 5.25. The number of cyclic esters (lactones) is 1. The molecule has 2 unspecified atom stereocenters. The van der Waals surface area contributed by atoms with Crippen molar-refractivity contribution in [1.82, 2.24) is 4.90 Å². The highest BCUT2D eigenvalue weighted by molar-refractivity contribution is 5.70. The molecule has 1 saturated heterocycles. The molecule has 0 saturated carbocycles. The predicted molar refractivity (Wildman–Crippen MR) is 60.7 cm³/mol. The molecule has 0 N–H and O–H groups in total. The molecule has 2 atom stereocenters. The van der Waals surface area contributed by atoms with E-state index in [9.17, 15) is 4.79 Å². The van der Waals surface area contributed by atoms with Crippen molar-refractivity contribution in [2.75, 3.05) is 20.1 Å². The van der Waals surface area contributed by atoms with Crippen LogP contribution in [0.4, 0.5) is 0 Å². The van der Waals surface area contributed by atoms with Gasteiger partial charge in [0, 0.05) is 6.42 Å². The fourth-order valence-electron chi connectivity index (χ4n) is 2.00. The fourth-order valence-corrected chi connectivity index (χ4v) is 2.00. The van der Waals surface area contributed by atoms with Crippen LogP contribution in [0.1, 0.15) is 39.5 Å². The van der Waals surface area contributed by atoms with Gasteiger partial charge in [-0.3, -0.25) is 4.79 Å². The van der Waals surface area contributed by atoms with Crippen LogP contribution in [-0.4, -0.2) is 37.1 Å². The van der Waals surface area contributed by atoms with E-state index in [-0.39, 0.29) is 12.1 Å². The second kappa shape index (κ2) is 6.11. The predicted octanol–water partition coefficient (Wildman–Crippen LogP) is 2.06. The summed E-state index contributed by atoms with van der Waals surface area (Å²) in [5.41, 5.74) is 0. The van der Waals surface area contributed by atoms with E-state index in [1.54, 1.807) is 0 Å². The Bertz CT molecular complexity index is 206. The molecule has 0 amide bonds. The summed E-state index contributed by atoms with van der Waals surface area (Å²) in [6, 6.07) is 0. The van der Waals surface area contributed by atoms with Gasteiger partial charge >= 0.3 is 5.97 Å². The molecule has 0 aliphatic carbocycles. The highest BCUT2D eigenvalue weighted by atomic mass is 16.5. The first-order chi connectivity index (χ1) is 7.15. The normalized spacial score (nSPS) is 26.8. The molecule has 1 rings (SSSR count). The van der Waals surface area contributed by atoms with E-state index < -0.39 is 0 Å². The van der Waals surface area contributed by atoms with Gasteiger partial charge < -0.3 is 9.64 Å². The van der Waals surface area contributed by atoms with E-state index in [0.717, 1.165) is 32.4 Å². The number of rotatable bonds is 5. The van der Waals surface area contributed by atoms with Gasteiger partial charge in [-0.2, -0.15) is 0 Å². The lowest BCUT2D eigenvalue weighted by atomic mass is 9.91. The Morgan fingerprint density at radius 3 is 2.80 bits per heavy atom. The Morgan fingerprint density at radius 2 is 2.20 bits per heavy atom. The molecule has 0 spiro atoms. The van der Waals surface area contributed by atoms with Gasteiger partial charge in [0.05, 0.1) is 0 Å². The highest BCUT2D eigenvalue weighted by Gasteiger charge is 2.27. The molecule has 0 bridgehead atoms. The number of hydrogen-bond acceptors (Lipinski definition) is 3. The third-order valence-electron chi connectivity index (χ3n) is 3.26. The Hall–Kier alpha value is -0.570. The third kappa shape index (κ3) is 4.20. The zero-order valence-electron chi connectivity index (χ0n) is 10.2. The lowest BCUT2D eigenvalue weighted by Gasteiger charge is -2.29. The maximum atomic E-state index is 11.3. The number of carbonyl (C=O) groups is 1. The first-order valence-electron chi connectivity index (χ1n) is 6.03. The average molecular weight is 213 g/mol. The van der Waals surface area contributed by atoms with Crippen molar-refractivity contribution in [2.45, 2.75) is 45.6 Å². The van der Waals surface area contributed by atoms with Crippen molar-refractivity contribution in [3.05, 3.63) is 0 Å². The van der Waals surface area contributed by atoms with Gasteiger partial charge in [-0.05, 0) is 45.3 Å². The van der Waals surface area contributed by atoms with E-state index in [1.165, 1.54) is 0 Å². The van der Waals surface area contributed by atoms with Crippen molar-refractivity contribution >= 4 is 5.97 Å². The average Bonchev–Trinajstić information content (AvgIpc) is 2.25. The minimum Gasteiger partial charge on any atom is -0.462 e. The Kier molecular flexibility index (Phi) is 5.09. The largest absolute Gasteiger partial charge is 0.462 e. The Labute approximate surface area is 92.8 Å². The van der Waals surface area contributed by atoms with Crippen LogP contribution in [0.25, 0.3) is 0 Å². The lowest BCUT2D eigenvalue weighted by Crippen LogP contribution is -2.31.